The lowest BCUT2D eigenvalue weighted by Crippen LogP contribution is -2.64. The van der Waals surface area contributed by atoms with E-state index < -0.39 is 6.04 Å². The van der Waals surface area contributed by atoms with E-state index in [4.69, 9.17) is 0 Å². The van der Waals surface area contributed by atoms with Gasteiger partial charge in [-0.25, -0.2) is 0 Å². The largest absolute Gasteiger partial charge is 0.342 e. The number of amides is 2. The van der Waals surface area contributed by atoms with Crippen molar-refractivity contribution in [3.05, 3.63) is 35.9 Å². The lowest BCUT2D eigenvalue weighted by molar-refractivity contribution is -0.149. The molecule has 1 saturated heterocycles. The topological polar surface area (TPSA) is 49.4 Å². The molecule has 2 aliphatic rings. The van der Waals surface area contributed by atoms with Crippen molar-refractivity contribution >= 4 is 11.8 Å². The Morgan fingerprint density at radius 1 is 1.24 bits per heavy atom. The van der Waals surface area contributed by atoms with Crippen molar-refractivity contribution < 1.29 is 9.59 Å². The van der Waals surface area contributed by atoms with Crippen LogP contribution < -0.4 is 5.32 Å². The van der Waals surface area contributed by atoms with E-state index in [-0.39, 0.29) is 29.3 Å². The molecule has 3 atom stereocenters. The third-order valence-electron chi connectivity index (χ3n) is 4.75. The van der Waals surface area contributed by atoms with Crippen molar-refractivity contribution in [2.24, 2.45) is 5.41 Å². The predicted octanol–water partition coefficient (Wildman–Crippen LogP) is 1.74. The summed E-state index contributed by atoms with van der Waals surface area (Å²) < 4.78 is 0. The van der Waals surface area contributed by atoms with Gasteiger partial charge in [0.2, 0.25) is 11.8 Å². The number of hydrogen-bond acceptors (Lipinski definition) is 2. The highest BCUT2D eigenvalue weighted by molar-refractivity contribution is 5.97. The number of carbonyl (C=O) groups excluding carboxylic acids is 2. The molecule has 21 heavy (non-hydrogen) atoms. The van der Waals surface area contributed by atoms with E-state index in [1.807, 2.05) is 42.2 Å². The average molecular weight is 286 g/mol. The van der Waals surface area contributed by atoms with Crippen LogP contribution in [0.2, 0.25) is 0 Å². The average Bonchev–Trinajstić information content (AvgIpc) is 3.06. The molecule has 0 spiro atoms. The number of nitrogens with zero attached hydrogens (tertiary/aromatic N) is 1. The van der Waals surface area contributed by atoms with Crippen LogP contribution >= 0.6 is 0 Å². The van der Waals surface area contributed by atoms with Crippen LogP contribution in [-0.2, 0) is 16.0 Å². The summed E-state index contributed by atoms with van der Waals surface area (Å²) in [6.45, 7) is 6.12. The third-order valence-corrected chi connectivity index (χ3v) is 4.75. The molecule has 3 unspecified atom stereocenters. The zero-order chi connectivity index (χ0) is 15.2. The molecule has 0 bridgehead atoms. The van der Waals surface area contributed by atoms with E-state index in [1.54, 1.807) is 0 Å². The van der Waals surface area contributed by atoms with Crippen LogP contribution in [-0.4, -0.2) is 34.8 Å². The molecule has 1 N–H and O–H groups in total. The fraction of sp³-hybridized carbons (Fsp3) is 0.529. The minimum atomic E-state index is -0.438. The molecular weight excluding hydrogens is 264 g/mol. The summed E-state index contributed by atoms with van der Waals surface area (Å²) in [7, 11) is 0. The lowest BCUT2D eigenvalue weighted by Gasteiger charge is -2.38. The molecule has 1 aliphatic carbocycles. The maximum atomic E-state index is 12.8. The van der Waals surface area contributed by atoms with Crippen LogP contribution in [0.1, 0.15) is 32.8 Å². The first-order valence-corrected chi connectivity index (χ1v) is 7.56. The van der Waals surface area contributed by atoms with Crippen molar-refractivity contribution in [2.75, 3.05) is 0 Å². The first kappa shape index (κ1) is 14.1. The summed E-state index contributed by atoms with van der Waals surface area (Å²) in [6, 6.07) is 9.23. The Kier molecular flexibility index (Phi) is 3.27. The van der Waals surface area contributed by atoms with Gasteiger partial charge in [-0.1, -0.05) is 44.2 Å². The van der Waals surface area contributed by atoms with Gasteiger partial charge in [0.1, 0.15) is 12.1 Å². The normalized spacial score (nSPS) is 31.0. The molecule has 0 aromatic heterocycles. The van der Waals surface area contributed by atoms with E-state index in [2.05, 4.69) is 19.2 Å². The quantitative estimate of drug-likeness (QED) is 0.920. The van der Waals surface area contributed by atoms with Gasteiger partial charge in [0.05, 0.1) is 0 Å². The Labute approximate surface area is 125 Å². The molecule has 1 aromatic carbocycles. The highest BCUT2D eigenvalue weighted by atomic mass is 16.2. The summed E-state index contributed by atoms with van der Waals surface area (Å²) in [5.41, 5.74) is 1.21. The smallest absolute Gasteiger partial charge is 0.246 e. The van der Waals surface area contributed by atoms with Gasteiger partial charge in [-0.2, -0.15) is 0 Å². The molecule has 1 heterocycles. The van der Waals surface area contributed by atoms with Crippen molar-refractivity contribution in [3.63, 3.8) is 0 Å². The Balaban J connectivity index is 1.79. The van der Waals surface area contributed by atoms with Crippen molar-refractivity contribution in [1.29, 1.82) is 0 Å². The fourth-order valence-corrected chi connectivity index (χ4v) is 3.18. The second-order valence-electron chi connectivity index (χ2n) is 6.88. The minimum absolute atomic E-state index is 0.0433. The standard InChI is InChI=1S/C17H22N2O2/c1-11-15(20)18-13(9-12-7-5-4-6-8-12)16(21)19(11)14-10-17(14,2)3/h4-8,11,13-14H,9-10H2,1-3H3,(H,18,20). The van der Waals surface area contributed by atoms with Gasteiger partial charge in [0.15, 0.2) is 0 Å². The van der Waals surface area contributed by atoms with Crippen LogP contribution in [0.15, 0.2) is 30.3 Å². The molecule has 4 nitrogen and oxygen atoms in total. The maximum absolute atomic E-state index is 12.8. The summed E-state index contributed by atoms with van der Waals surface area (Å²) in [5.74, 6) is 0.0137. The van der Waals surface area contributed by atoms with E-state index >= 15 is 0 Å². The predicted molar refractivity (Wildman–Crippen MR) is 80.6 cm³/mol. The number of hydrogen-bond donors (Lipinski definition) is 1. The summed E-state index contributed by atoms with van der Waals surface area (Å²) in [4.78, 5) is 26.8. The Morgan fingerprint density at radius 2 is 1.86 bits per heavy atom. The van der Waals surface area contributed by atoms with E-state index in [9.17, 15) is 9.59 Å². The molecule has 0 radical (unpaired) electrons. The van der Waals surface area contributed by atoms with E-state index in [0.29, 0.717) is 6.42 Å². The zero-order valence-electron chi connectivity index (χ0n) is 12.8. The molecular formula is C17H22N2O2. The van der Waals surface area contributed by atoms with Crippen LogP contribution in [0.5, 0.6) is 0 Å². The van der Waals surface area contributed by atoms with Gasteiger partial charge in [-0.15, -0.1) is 0 Å². The highest BCUT2D eigenvalue weighted by Gasteiger charge is 2.55. The van der Waals surface area contributed by atoms with Gasteiger partial charge >= 0.3 is 0 Å². The Bertz CT molecular complexity index is 567. The van der Waals surface area contributed by atoms with Crippen molar-refractivity contribution in [2.45, 2.75) is 51.7 Å². The highest BCUT2D eigenvalue weighted by Crippen LogP contribution is 2.49. The number of benzene rings is 1. The number of nitrogens with one attached hydrogen (secondary N) is 1. The van der Waals surface area contributed by atoms with E-state index in [1.165, 1.54) is 0 Å². The number of piperazine rings is 1. The monoisotopic (exact) mass is 286 g/mol. The molecule has 1 aliphatic heterocycles. The second kappa shape index (κ2) is 4.86. The van der Waals surface area contributed by atoms with Crippen molar-refractivity contribution in [3.8, 4) is 0 Å². The fourth-order valence-electron chi connectivity index (χ4n) is 3.18. The summed E-state index contributed by atoms with van der Waals surface area (Å²) >= 11 is 0. The third kappa shape index (κ3) is 2.55. The zero-order valence-corrected chi connectivity index (χ0v) is 12.8. The molecule has 1 aromatic rings. The van der Waals surface area contributed by atoms with Gasteiger partial charge in [-0.05, 0) is 24.3 Å². The van der Waals surface area contributed by atoms with Crippen molar-refractivity contribution in [1.82, 2.24) is 10.2 Å². The SMILES string of the molecule is CC1C(=O)NC(Cc2ccccc2)C(=O)N1C1CC1(C)C. The first-order chi connectivity index (χ1) is 9.90. The van der Waals surface area contributed by atoms with Gasteiger partial charge < -0.3 is 10.2 Å². The molecule has 2 amide bonds. The van der Waals surface area contributed by atoms with Crippen LogP contribution in [0, 0.1) is 5.41 Å². The summed E-state index contributed by atoms with van der Waals surface area (Å²) in [6.07, 6.45) is 1.54. The molecule has 4 heteroatoms. The first-order valence-electron chi connectivity index (χ1n) is 7.56. The van der Waals surface area contributed by atoms with Gasteiger partial charge in [0.25, 0.3) is 0 Å². The van der Waals surface area contributed by atoms with E-state index in [0.717, 1.165) is 12.0 Å². The van der Waals surface area contributed by atoms with Gasteiger partial charge in [0, 0.05) is 12.5 Å². The Hall–Kier alpha value is -1.84. The lowest BCUT2D eigenvalue weighted by atomic mass is 10.00. The maximum Gasteiger partial charge on any atom is 0.246 e. The van der Waals surface area contributed by atoms with Crippen LogP contribution in [0.4, 0.5) is 0 Å². The summed E-state index contributed by atoms with van der Waals surface area (Å²) in [5, 5.41) is 2.87. The van der Waals surface area contributed by atoms with Gasteiger partial charge in [-0.3, -0.25) is 9.59 Å². The van der Waals surface area contributed by atoms with Crippen LogP contribution in [0.25, 0.3) is 0 Å². The molecule has 1 saturated carbocycles. The minimum Gasteiger partial charge on any atom is -0.342 e. The molecule has 2 fully saturated rings. The number of rotatable bonds is 3. The second-order valence-corrected chi connectivity index (χ2v) is 6.88. The number of carbonyl (C=O) groups is 2. The van der Waals surface area contributed by atoms with Crippen LogP contribution in [0.3, 0.4) is 0 Å². The molecule has 3 rings (SSSR count). The molecule has 112 valence electrons. The Morgan fingerprint density at radius 3 is 2.43 bits per heavy atom.